The van der Waals surface area contributed by atoms with E-state index in [1.807, 2.05) is 0 Å². The number of carbonyl (C=O) groups excluding carboxylic acids is 1. The number of carbonyl (C=O) groups is 1. The molecule has 0 radical (unpaired) electrons. The van der Waals surface area contributed by atoms with Crippen LogP contribution in [-0.4, -0.2) is 25.6 Å². The summed E-state index contributed by atoms with van der Waals surface area (Å²) in [6.07, 6.45) is 4.90. The number of hydrogen-bond donors (Lipinski definition) is 1. The monoisotopic (exact) mass is 296 g/mol. The van der Waals surface area contributed by atoms with Crippen LogP contribution in [0.5, 0.6) is 0 Å². The van der Waals surface area contributed by atoms with Crippen molar-refractivity contribution in [1.29, 1.82) is 0 Å². The second kappa shape index (κ2) is 6.06. The van der Waals surface area contributed by atoms with Crippen molar-refractivity contribution in [2.45, 2.75) is 43.1 Å². The standard InChI is InChI=1S/C15H20O4S/c1-20(18,19)13-9-7-12(8-10-13)15(17)14(16)11-5-3-2-4-6-11/h7-11,15,17H,2-6H2,1H3. The molecule has 0 aliphatic heterocycles. The predicted molar refractivity (Wildman–Crippen MR) is 76.1 cm³/mol. The maximum absolute atomic E-state index is 12.2. The van der Waals surface area contributed by atoms with Crippen LogP contribution in [-0.2, 0) is 14.6 Å². The first-order valence-corrected chi connectivity index (χ1v) is 8.80. The fraction of sp³-hybridized carbons (Fsp3) is 0.533. The van der Waals surface area contributed by atoms with Gasteiger partial charge in [0.05, 0.1) is 4.90 Å². The molecule has 1 aliphatic rings. The van der Waals surface area contributed by atoms with Crippen molar-refractivity contribution in [3.8, 4) is 0 Å². The number of sulfone groups is 1. The maximum atomic E-state index is 12.2. The highest BCUT2D eigenvalue weighted by Gasteiger charge is 2.27. The number of benzene rings is 1. The summed E-state index contributed by atoms with van der Waals surface area (Å²) in [5.74, 6) is -0.204. The number of ketones is 1. The first-order valence-electron chi connectivity index (χ1n) is 6.91. The zero-order valence-electron chi connectivity index (χ0n) is 11.6. The van der Waals surface area contributed by atoms with Gasteiger partial charge in [0, 0.05) is 12.2 Å². The van der Waals surface area contributed by atoms with E-state index in [1.165, 1.54) is 24.3 Å². The van der Waals surface area contributed by atoms with Crippen LogP contribution in [0.3, 0.4) is 0 Å². The average molecular weight is 296 g/mol. The van der Waals surface area contributed by atoms with Crippen molar-refractivity contribution >= 4 is 15.6 Å². The van der Waals surface area contributed by atoms with Crippen LogP contribution in [0.2, 0.25) is 0 Å². The molecular weight excluding hydrogens is 276 g/mol. The Hall–Kier alpha value is -1.20. The zero-order chi connectivity index (χ0) is 14.8. The highest BCUT2D eigenvalue weighted by Crippen LogP contribution is 2.29. The molecule has 4 nitrogen and oxygen atoms in total. The van der Waals surface area contributed by atoms with E-state index in [1.54, 1.807) is 0 Å². The van der Waals surface area contributed by atoms with Crippen molar-refractivity contribution in [2.75, 3.05) is 6.26 Å². The molecule has 1 aliphatic carbocycles. The molecule has 0 amide bonds. The Balaban J connectivity index is 2.12. The van der Waals surface area contributed by atoms with Crippen LogP contribution in [0.4, 0.5) is 0 Å². The van der Waals surface area contributed by atoms with E-state index in [9.17, 15) is 18.3 Å². The van der Waals surface area contributed by atoms with Gasteiger partial charge in [-0.05, 0) is 30.5 Å². The Labute approximate surface area is 119 Å². The Morgan fingerprint density at radius 1 is 1.15 bits per heavy atom. The second-order valence-corrected chi connectivity index (χ2v) is 7.50. The second-order valence-electron chi connectivity index (χ2n) is 5.48. The molecule has 0 bridgehead atoms. The summed E-state index contributed by atoms with van der Waals surface area (Å²) >= 11 is 0. The highest BCUT2D eigenvalue weighted by atomic mass is 32.2. The summed E-state index contributed by atoms with van der Waals surface area (Å²) in [5, 5.41) is 10.1. The Bertz CT molecular complexity index is 568. The SMILES string of the molecule is CS(=O)(=O)c1ccc(C(O)C(=O)C2CCCCC2)cc1. The molecular formula is C15H20O4S. The number of Topliss-reactive ketones (excluding diaryl/α,β-unsaturated/α-hetero) is 1. The van der Waals surface area contributed by atoms with Crippen LogP contribution in [0, 0.1) is 5.92 Å². The summed E-state index contributed by atoms with van der Waals surface area (Å²) in [5.41, 5.74) is 0.466. The van der Waals surface area contributed by atoms with Gasteiger partial charge < -0.3 is 5.11 Å². The quantitative estimate of drug-likeness (QED) is 0.925. The summed E-state index contributed by atoms with van der Waals surface area (Å²) in [6.45, 7) is 0. The Morgan fingerprint density at radius 2 is 1.70 bits per heavy atom. The minimum atomic E-state index is -3.25. The number of aliphatic hydroxyl groups is 1. The lowest BCUT2D eigenvalue weighted by atomic mass is 9.83. The third kappa shape index (κ3) is 3.46. The van der Waals surface area contributed by atoms with E-state index in [2.05, 4.69) is 0 Å². The molecule has 0 aromatic heterocycles. The van der Waals surface area contributed by atoms with Gasteiger partial charge in [-0.25, -0.2) is 8.42 Å². The molecule has 0 saturated heterocycles. The third-order valence-electron chi connectivity index (χ3n) is 3.90. The number of rotatable bonds is 4. The normalized spacial score (nSPS) is 18.7. The minimum Gasteiger partial charge on any atom is -0.381 e. The van der Waals surface area contributed by atoms with Crippen LogP contribution >= 0.6 is 0 Å². The fourth-order valence-corrected chi connectivity index (χ4v) is 3.30. The summed E-state index contributed by atoms with van der Waals surface area (Å²) < 4.78 is 22.7. The van der Waals surface area contributed by atoms with E-state index in [4.69, 9.17) is 0 Å². The molecule has 2 rings (SSSR count). The molecule has 1 atom stereocenters. The van der Waals surface area contributed by atoms with E-state index < -0.39 is 15.9 Å². The smallest absolute Gasteiger partial charge is 0.175 e. The Kier molecular flexibility index (Phi) is 4.60. The summed E-state index contributed by atoms with van der Waals surface area (Å²) in [7, 11) is -3.25. The molecule has 5 heteroatoms. The molecule has 20 heavy (non-hydrogen) atoms. The summed E-state index contributed by atoms with van der Waals surface area (Å²) in [4.78, 5) is 12.4. The lowest BCUT2D eigenvalue weighted by Gasteiger charge is -2.23. The first-order chi connectivity index (χ1) is 9.39. The lowest BCUT2D eigenvalue weighted by molar-refractivity contribution is -0.132. The molecule has 1 unspecified atom stereocenters. The van der Waals surface area contributed by atoms with Crippen LogP contribution < -0.4 is 0 Å². The molecule has 1 N–H and O–H groups in total. The minimum absolute atomic E-state index is 0.0617. The van der Waals surface area contributed by atoms with Gasteiger partial charge in [0.2, 0.25) is 0 Å². The first kappa shape index (κ1) is 15.2. The van der Waals surface area contributed by atoms with Crippen LogP contribution in [0.15, 0.2) is 29.2 Å². The van der Waals surface area contributed by atoms with E-state index >= 15 is 0 Å². The largest absolute Gasteiger partial charge is 0.381 e. The van der Waals surface area contributed by atoms with Gasteiger partial charge in [-0.3, -0.25) is 4.79 Å². The fourth-order valence-electron chi connectivity index (χ4n) is 2.67. The van der Waals surface area contributed by atoms with Crippen molar-refractivity contribution in [3.63, 3.8) is 0 Å². The van der Waals surface area contributed by atoms with E-state index in [-0.39, 0.29) is 16.6 Å². The molecule has 1 aromatic rings. The lowest BCUT2D eigenvalue weighted by Crippen LogP contribution is -2.24. The van der Waals surface area contributed by atoms with Gasteiger partial charge in [0.25, 0.3) is 0 Å². The molecule has 0 spiro atoms. The van der Waals surface area contributed by atoms with Gasteiger partial charge in [-0.1, -0.05) is 31.4 Å². The van der Waals surface area contributed by atoms with E-state index in [0.29, 0.717) is 5.56 Å². The topological polar surface area (TPSA) is 71.4 Å². The van der Waals surface area contributed by atoms with Crippen molar-refractivity contribution in [1.82, 2.24) is 0 Å². The van der Waals surface area contributed by atoms with Crippen LogP contribution in [0.1, 0.15) is 43.8 Å². The number of hydrogen-bond acceptors (Lipinski definition) is 4. The zero-order valence-corrected chi connectivity index (χ0v) is 12.4. The molecule has 1 fully saturated rings. The third-order valence-corrected chi connectivity index (χ3v) is 5.03. The van der Waals surface area contributed by atoms with Gasteiger partial charge in [-0.15, -0.1) is 0 Å². The summed E-state index contributed by atoms with van der Waals surface area (Å²) in [6, 6.07) is 5.90. The maximum Gasteiger partial charge on any atom is 0.175 e. The van der Waals surface area contributed by atoms with Crippen molar-refractivity contribution < 1.29 is 18.3 Å². The van der Waals surface area contributed by atoms with Crippen molar-refractivity contribution in [3.05, 3.63) is 29.8 Å². The Morgan fingerprint density at radius 3 is 2.20 bits per heavy atom. The van der Waals surface area contributed by atoms with Gasteiger partial charge in [0.15, 0.2) is 15.6 Å². The molecule has 0 heterocycles. The van der Waals surface area contributed by atoms with E-state index in [0.717, 1.165) is 38.4 Å². The number of aliphatic hydroxyl groups excluding tert-OH is 1. The molecule has 1 aromatic carbocycles. The average Bonchev–Trinajstić information content (AvgIpc) is 2.46. The van der Waals surface area contributed by atoms with Crippen LogP contribution in [0.25, 0.3) is 0 Å². The van der Waals surface area contributed by atoms with Gasteiger partial charge in [0.1, 0.15) is 6.10 Å². The van der Waals surface area contributed by atoms with Gasteiger partial charge >= 0.3 is 0 Å². The van der Waals surface area contributed by atoms with Crippen molar-refractivity contribution in [2.24, 2.45) is 5.92 Å². The molecule has 1 saturated carbocycles. The molecule has 110 valence electrons. The van der Waals surface area contributed by atoms with Gasteiger partial charge in [-0.2, -0.15) is 0 Å². The highest BCUT2D eigenvalue weighted by molar-refractivity contribution is 7.90. The predicted octanol–water partition coefficient (Wildman–Crippen LogP) is 2.27.